The number of esters is 1. The molecule has 1 aromatic carbocycles. The number of benzene rings is 1. The van der Waals surface area contributed by atoms with Crippen molar-refractivity contribution in [3.63, 3.8) is 0 Å². The van der Waals surface area contributed by atoms with Crippen LogP contribution in [0.4, 0.5) is 15.8 Å². The van der Waals surface area contributed by atoms with E-state index in [0.717, 1.165) is 0 Å². The number of carbonyl (C=O) groups is 1. The van der Waals surface area contributed by atoms with Gasteiger partial charge in [0.05, 0.1) is 18.0 Å². The van der Waals surface area contributed by atoms with Gasteiger partial charge in [0.25, 0.3) is 5.69 Å². The number of nitro benzene ring substituents is 1. The van der Waals surface area contributed by atoms with Gasteiger partial charge in [0.1, 0.15) is 0 Å². The summed E-state index contributed by atoms with van der Waals surface area (Å²) < 4.78 is 18.6. The Labute approximate surface area is 115 Å². The third-order valence-corrected chi connectivity index (χ3v) is 3.51. The van der Waals surface area contributed by atoms with Crippen molar-refractivity contribution in [1.82, 2.24) is 0 Å². The monoisotopic (exact) mass is 282 g/mol. The first kappa shape index (κ1) is 14.2. The molecule has 0 aliphatic carbocycles. The molecule has 0 N–H and O–H groups in total. The van der Waals surface area contributed by atoms with Crippen LogP contribution in [0.25, 0.3) is 0 Å². The van der Waals surface area contributed by atoms with Crippen LogP contribution in [0.1, 0.15) is 12.8 Å². The Morgan fingerprint density at radius 1 is 1.45 bits per heavy atom. The van der Waals surface area contributed by atoms with Gasteiger partial charge >= 0.3 is 5.97 Å². The first-order valence-electron chi connectivity index (χ1n) is 6.30. The highest BCUT2D eigenvalue weighted by Gasteiger charge is 2.30. The second kappa shape index (κ2) is 5.85. The average molecular weight is 282 g/mol. The number of halogens is 1. The predicted molar refractivity (Wildman–Crippen MR) is 70.0 cm³/mol. The van der Waals surface area contributed by atoms with Crippen molar-refractivity contribution in [2.45, 2.75) is 12.8 Å². The van der Waals surface area contributed by atoms with Gasteiger partial charge in [-0.2, -0.15) is 0 Å². The number of rotatable bonds is 3. The maximum absolute atomic E-state index is 13.9. The smallest absolute Gasteiger partial charge is 0.308 e. The first-order valence-corrected chi connectivity index (χ1v) is 6.30. The van der Waals surface area contributed by atoms with E-state index < -0.39 is 10.7 Å². The van der Waals surface area contributed by atoms with Crippen LogP contribution >= 0.6 is 0 Å². The van der Waals surface area contributed by atoms with Crippen molar-refractivity contribution >= 4 is 17.3 Å². The molecule has 6 nitrogen and oxygen atoms in total. The van der Waals surface area contributed by atoms with E-state index in [0.29, 0.717) is 25.9 Å². The summed E-state index contributed by atoms with van der Waals surface area (Å²) in [6.45, 7) is 0.781. The molecule has 1 fully saturated rings. The maximum atomic E-state index is 13.9. The zero-order valence-electron chi connectivity index (χ0n) is 11.0. The Morgan fingerprint density at radius 2 is 2.10 bits per heavy atom. The zero-order chi connectivity index (χ0) is 14.7. The molecule has 108 valence electrons. The molecule has 0 saturated carbocycles. The minimum atomic E-state index is -0.615. The summed E-state index contributed by atoms with van der Waals surface area (Å²) in [5, 5.41) is 11.0. The van der Waals surface area contributed by atoms with E-state index >= 15 is 0 Å². The summed E-state index contributed by atoms with van der Waals surface area (Å²) in [5.41, 5.74) is -0.248. The summed E-state index contributed by atoms with van der Waals surface area (Å²) >= 11 is 0. The number of ether oxygens (including phenoxy) is 1. The Hall–Kier alpha value is -2.18. The lowest BCUT2D eigenvalue weighted by atomic mass is 9.96. The summed E-state index contributed by atoms with van der Waals surface area (Å²) in [7, 11) is 1.33. The van der Waals surface area contributed by atoms with Gasteiger partial charge in [-0.15, -0.1) is 0 Å². The van der Waals surface area contributed by atoms with Crippen LogP contribution in [0.3, 0.4) is 0 Å². The van der Waals surface area contributed by atoms with Crippen LogP contribution in [0.15, 0.2) is 18.2 Å². The van der Waals surface area contributed by atoms with Crippen LogP contribution in [0.5, 0.6) is 0 Å². The highest BCUT2D eigenvalue weighted by Crippen LogP contribution is 2.33. The molecular weight excluding hydrogens is 267 g/mol. The molecule has 0 atom stereocenters. The fraction of sp³-hybridized carbons (Fsp3) is 0.462. The van der Waals surface area contributed by atoms with Crippen molar-refractivity contribution in [2.75, 3.05) is 25.1 Å². The van der Waals surface area contributed by atoms with E-state index in [1.807, 2.05) is 0 Å². The van der Waals surface area contributed by atoms with E-state index in [1.54, 1.807) is 4.90 Å². The van der Waals surface area contributed by atoms with E-state index in [9.17, 15) is 19.3 Å². The van der Waals surface area contributed by atoms with Crippen LogP contribution in [0, 0.1) is 21.8 Å². The lowest BCUT2D eigenvalue weighted by molar-refractivity contribution is -0.384. The third kappa shape index (κ3) is 2.71. The molecule has 2 rings (SSSR count). The highest BCUT2D eigenvalue weighted by atomic mass is 19.1. The molecular formula is C13H15FN2O4. The Balaban J connectivity index is 2.19. The molecule has 0 unspecified atom stereocenters. The SMILES string of the molecule is COC(=O)C1CCN(c2c(F)cccc2[N+](=O)[O-])CC1. The van der Waals surface area contributed by atoms with Crippen LogP contribution < -0.4 is 4.90 Å². The molecule has 0 spiro atoms. The van der Waals surface area contributed by atoms with Gasteiger partial charge in [0.2, 0.25) is 0 Å². The standard InChI is InChI=1S/C13H15FN2O4/c1-20-13(17)9-5-7-15(8-6-9)12-10(14)3-2-4-11(12)16(18)19/h2-4,9H,5-8H2,1H3. The Bertz CT molecular complexity index is 527. The number of anilines is 1. The van der Waals surface area contributed by atoms with Crippen molar-refractivity contribution in [1.29, 1.82) is 0 Å². The molecule has 0 aromatic heterocycles. The number of carbonyl (C=O) groups excluding carboxylic acids is 1. The van der Waals surface area contributed by atoms with E-state index in [1.165, 1.54) is 25.3 Å². The van der Waals surface area contributed by atoms with Gasteiger partial charge < -0.3 is 9.64 Å². The van der Waals surface area contributed by atoms with Gasteiger partial charge in [0.15, 0.2) is 11.5 Å². The topological polar surface area (TPSA) is 72.7 Å². The number of nitro groups is 1. The zero-order valence-corrected chi connectivity index (χ0v) is 11.0. The second-order valence-electron chi connectivity index (χ2n) is 4.65. The summed E-state index contributed by atoms with van der Waals surface area (Å²) in [5.74, 6) is -1.12. The van der Waals surface area contributed by atoms with E-state index in [-0.39, 0.29) is 23.3 Å². The molecule has 0 bridgehead atoms. The fourth-order valence-electron chi connectivity index (χ4n) is 2.47. The molecule has 7 heteroatoms. The Kier molecular flexibility index (Phi) is 4.16. The minimum Gasteiger partial charge on any atom is -0.469 e. The molecule has 1 aliphatic heterocycles. The largest absolute Gasteiger partial charge is 0.469 e. The second-order valence-corrected chi connectivity index (χ2v) is 4.65. The van der Waals surface area contributed by atoms with Crippen LogP contribution in [0.2, 0.25) is 0 Å². The Morgan fingerprint density at radius 3 is 2.65 bits per heavy atom. The number of hydrogen-bond donors (Lipinski definition) is 0. The molecule has 1 heterocycles. The molecule has 0 amide bonds. The molecule has 1 aromatic rings. The maximum Gasteiger partial charge on any atom is 0.308 e. The summed E-state index contributed by atoms with van der Waals surface area (Å²) in [4.78, 5) is 23.4. The average Bonchev–Trinajstić information content (AvgIpc) is 2.46. The fourth-order valence-corrected chi connectivity index (χ4v) is 2.47. The molecule has 1 saturated heterocycles. The third-order valence-electron chi connectivity index (χ3n) is 3.51. The number of methoxy groups -OCH3 is 1. The van der Waals surface area contributed by atoms with Crippen molar-refractivity contribution in [3.8, 4) is 0 Å². The lowest BCUT2D eigenvalue weighted by Crippen LogP contribution is -2.37. The van der Waals surface area contributed by atoms with Gasteiger partial charge in [-0.05, 0) is 18.9 Å². The van der Waals surface area contributed by atoms with Crippen LogP contribution in [-0.2, 0) is 9.53 Å². The molecule has 20 heavy (non-hydrogen) atoms. The number of piperidine rings is 1. The van der Waals surface area contributed by atoms with Crippen molar-refractivity contribution in [3.05, 3.63) is 34.1 Å². The van der Waals surface area contributed by atoms with Gasteiger partial charge in [-0.3, -0.25) is 14.9 Å². The first-order chi connectivity index (χ1) is 9.54. The molecule has 0 radical (unpaired) electrons. The summed E-state index contributed by atoms with van der Waals surface area (Å²) in [6, 6.07) is 3.80. The van der Waals surface area contributed by atoms with Crippen LogP contribution in [-0.4, -0.2) is 31.1 Å². The van der Waals surface area contributed by atoms with Gasteiger partial charge in [-0.25, -0.2) is 4.39 Å². The van der Waals surface area contributed by atoms with Crippen molar-refractivity contribution in [2.24, 2.45) is 5.92 Å². The number of hydrogen-bond acceptors (Lipinski definition) is 5. The van der Waals surface area contributed by atoms with E-state index in [2.05, 4.69) is 4.74 Å². The number of para-hydroxylation sites is 1. The minimum absolute atomic E-state index is 0.000755. The predicted octanol–water partition coefficient (Wildman–Crippen LogP) is 2.12. The highest BCUT2D eigenvalue weighted by molar-refractivity contribution is 5.73. The normalized spacial score (nSPS) is 16.0. The molecule has 1 aliphatic rings. The quantitative estimate of drug-likeness (QED) is 0.482. The van der Waals surface area contributed by atoms with E-state index in [4.69, 9.17) is 0 Å². The van der Waals surface area contributed by atoms with Gasteiger partial charge in [-0.1, -0.05) is 6.07 Å². The number of nitrogens with zero attached hydrogens (tertiary/aromatic N) is 2. The summed E-state index contributed by atoms with van der Waals surface area (Å²) in [6.07, 6.45) is 0.996. The van der Waals surface area contributed by atoms with Gasteiger partial charge in [0, 0.05) is 19.2 Å². The lowest BCUT2D eigenvalue weighted by Gasteiger charge is -2.32. The van der Waals surface area contributed by atoms with Crippen molar-refractivity contribution < 1.29 is 18.8 Å².